The van der Waals surface area contributed by atoms with Crippen LogP contribution in [0, 0.1) is 18.6 Å². The topological polar surface area (TPSA) is 66.0 Å². The molecule has 2 N–H and O–H groups in total. The van der Waals surface area contributed by atoms with Crippen molar-refractivity contribution in [1.82, 2.24) is 9.97 Å². The number of carboxylic acid groups (broad SMARTS) is 1. The Morgan fingerprint density at radius 1 is 1.39 bits per heavy atom. The Morgan fingerprint density at radius 3 is 2.72 bits per heavy atom. The van der Waals surface area contributed by atoms with E-state index in [2.05, 4.69) is 9.97 Å². The zero-order valence-electron chi connectivity index (χ0n) is 10.0. The molecule has 0 spiro atoms. The summed E-state index contributed by atoms with van der Waals surface area (Å²) in [6.07, 6.45) is 1.29. The molecule has 0 atom stereocenters. The lowest BCUT2D eigenvalue weighted by molar-refractivity contribution is 0.0697. The van der Waals surface area contributed by atoms with Gasteiger partial charge in [-0.3, -0.25) is 0 Å². The molecule has 92 valence electrons. The summed E-state index contributed by atoms with van der Waals surface area (Å²) in [7, 11) is 0. The lowest BCUT2D eigenvalue weighted by Crippen LogP contribution is -2.04. The molecule has 1 heterocycles. The number of aryl methyl sites for hydroxylation is 2. The highest BCUT2D eigenvalue weighted by molar-refractivity contribution is 7.71. The molecule has 1 aromatic carbocycles. The van der Waals surface area contributed by atoms with Gasteiger partial charge in [0, 0.05) is 11.8 Å². The first-order valence-corrected chi connectivity index (χ1v) is 5.80. The lowest BCUT2D eigenvalue weighted by Gasteiger charge is -2.09. The third-order valence-electron chi connectivity index (χ3n) is 2.69. The summed E-state index contributed by atoms with van der Waals surface area (Å²) in [6, 6.07) is 5.82. The third-order valence-corrected chi connectivity index (χ3v) is 2.90. The van der Waals surface area contributed by atoms with Crippen LogP contribution in [0.5, 0.6) is 0 Å². The maximum absolute atomic E-state index is 11.2. The van der Waals surface area contributed by atoms with Crippen LogP contribution in [-0.2, 0) is 0 Å². The van der Waals surface area contributed by atoms with Crippen LogP contribution in [0.4, 0.5) is 0 Å². The van der Waals surface area contributed by atoms with Crippen molar-refractivity contribution in [3.8, 4) is 11.3 Å². The standard InChI is InChI=1S/C13H12N2O2S/c1-7-3-4-9(8(2)5-7)11-10(12(16)17)6-14-13(18)15-11/h3-6H,1-2H3,(H,16,17)(H,14,15,18). The van der Waals surface area contributed by atoms with Crippen molar-refractivity contribution in [3.63, 3.8) is 0 Å². The first kappa shape index (κ1) is 12.4. The number of hydrogen-bond acceptors (Lipinski definition) is 3. The fourth-order valence-electron chi connectivity index (χ4n) is 1.86. The minimum absolute atomic E-state index is 0.121. The van der Waals surface area contributed by atoms with Crippen LogP contribution in [0.25, 0.3) is 11.3 Å². The molecule has 0 radical (unpaired) electrons. The Hall–Kier alpha value is -2.01. The van der Waals surface area contributed by atoms with Crippen molar-refractivity contribution in [2.45, 2.75) is 13.8 Å². The predicted molar refractivity (Wildman–Crippen MR) is 71.3 cm³/mol. The number of hydrogen-bond donors (Lipinski definition) is 2. The number of nitrogens with zero attached hydrogens (tertiary/aromatic N) is 1. The summed E-state index contributed by atoms with van der Waals surface area (Å²) in [6.45, 7) is 3.93. The van der Waals surface area contributed by atoms with E-state index in [1.165, 1.54) is 6.20 Å². The van der Waals surface area contributed by atoms with E-state index in [0.29, 0.717) is 5.69 Å². The molecule has 2 rings (SSSR count). The fraction of sp³-hybridized carbons (Fsp3) is 0.154. The molecule has 1 aromatic heterocycles. The maximum Gasteiger partial charge on any atom is 0.339 e. The second-order valence-electron chi connectivity index (χ2n) is 4.10. The molecular formula is C13H12N2O2S. The Balaban J connectivity index is 2.73. The first-order chi connectivity index (χ1) is 8.49. The second-order valence-corrected chi connectivity index (χ2v) is 4.49. The van der Waals surface area contributed by atoms with E-state index in [1.807, 2.05) is 32.0 Å². The molecular weight excluding hydrogens is 248 g/mol. The van der Waals surface area contributed by atoms with Gasteiger partial charge in [0.2, 0.25) is 0 Å². The normalized spacial score (nSPS) is 10.3. The molecule has 2 aromatic rings. The number of aromatic nitrogens is 2. The van der Waals surface area contributed by atoms with Gasteiger partial charge in [0.15, 0.2) is 4.77 Å². The smallest absolute Gasteiger partial charge is 0.339 e. The van der Waals surface area contributed by atoms with Gasteiger partial charge >= 0.3 is 5.97 Å². The second kappa shape index (κ2) is 4.70. The van der Waals surface area contributed by atoms with E-state index in [-0.39, 0.29) is 10.3 Å². The molecule has 0 aliphatic rings. The Bertz CT molecular complexity index is 677. The zero-order valence-corrected chi connectivity index (χ0v) is 10.8. The van der Waals surface area contributed by atoms with E-state index >= 15 is 0 Å². The molecule has 0 fully saturated rings. The highest BCUT2D eigenvalue weighted by Crippen LogP contribution is 2.25. The van der Waals surface area contributed by atoms with Crippen molar-refractivity contribution >= 4 is 18.2 Å². The summed E-state index contributed by atoms with van der Waals surface area (Å²) in [5, 5.41) is 9.17. The number of benzene rings is 1. The largest absolute Gasteiger partial charge is 0.478 e. The van der Waals surface area contributed by atoms with Crippen molar-refractivity contribution in [1.29, 1.82) is 0 Å². The number of carboxylic acids is 1. The van der Waals surface area contributed by atoms with Crippen molar-refractivity contribution in [2.24, 2.45) is 0 Å². The average molecular weight is 260 g/mol. The van der Waals surface area contributed by atoms with Gasteiger partial charge < -0.3 is 10.1 Å². The quantitative estimate of drug-likeness (QED) is 0.814. The number of nitrogens with one attached hydrogen (secondary N) is 1. The van der Waals surface area contributed by atoms with Gasteiger partial charge in [-0.2, -0.15) is 0 Å². The number of carbonyl (C=O) groups is 1. The minimum Gasteiger partial charge on any atom is -0.478 e. The number of H-pyrrole nitrogens is 1. The van der Waals surface area contributed by atoms with Crippen molar-refractivity contribution in [2.75, 3.05) is 0 Å². The third kappa shape index (κ3) is 2.31. The van der Waals surface area contributed by atoms with E-state index < -0.39 is 5.97 Å². The van der Waals surface area contributed by atoms with Crippen molar-refractivity contribution < 1.29 is 9.90 Å². The van der Waals surface area contributed by atoms with Gasteiger partial charge in [-0.15, -0.1) is 0 Å². The van der Waals surface area contributed by atoms with Crippen LogP contribution >= 0.6 is 12.2 Å². The summed E-state index contributed by atoms with van der Waals surface area (Å²) >= 11 is 4.96. The number of aromatic carboxylic acids is 1. The van der Waals surface area contributed by atoms with Gasteiger partial charge in [0.1, 0.15) is 5.56 Å². The maximum atomic E-state index is 11.2. The van der Waals surface area contributed by atoms with Crippen LogP contribution < -0.4 is 0 Å². The first-order valence-electron chi connectivity index (χ1n) is 5.39. The average Bonchev–Trinajstić information content (AvgIpc) is 2.28. The predicted octanol–water partition coefficient (Wildman–Crippen LogP) is 3.12. The molecule has 0 saturated carbocycles. The molecule has 5 heteroatoms. The molecule has 0 amide bonds. The van der Waals surface area contributed by atoms with Gasteiger partial charge in [-0.05, 0) is 31.6 Å². The zero-order chi connectivity index (χ0) is 13.3. The van der Waals surface area contributed by atoms with Gasteiger partial charge in [0.05, 0.1) is 5.69 Å². The monoisotopic (exact) mass is 260 g/mol. The van der Waals surface area contributed by atoms with E-state index in [9.17, 15) is 4.79 Å². The molecule has 0 bridgehead atoms. The van der Waals surface area contributed by atoms with E-state index in [4.69, 9.17) is 17.3 Å². The van der Waals surface area contributed by atoms with Gasteiger partial charge in [-0.1, -0.05) is 23.8 Å². The summed E-state index contributed by atoms with van der Waals surface area (Å²) in [5.41, 5.74) is 3.57. The van der Waals surface area contributed by atoms with Crippen LogP contribution in [0.15, 0.2) is 24.4 Å². The summed E-state index contributed by atoms with van der Waals surface area (Å²) in [5.74, 6) is -1.02. The molecule has 0 aliphatic heterocycles. The Morgan fingerprint density at radius 2 is 2.11 bits per heavy atom. The summed E-state index contributed by atoms with van der Waals surface area (Å²) < 4.78 is 0.273. The molecule has 0 unspecified atom stereocenters. The molecule has 0 aliphatic carbocycles. The van der Waals surface area contributed by atoms with Gasteiger partial charge in [0.25, 0.3) is 0 Å². The Kier molecular flexibility index (Phi) is 3.25. The minimum atomic E-state index is -1.02. The van der Waals surface area contributed by atoms with Crippen LogP contribution in [0.2, 0.25) is 0 Å². The lowest BCUT2D eigenvalue weighted by atomic mass is 10.0. The fourth-order valence-corrected chi connectivity index (χ4v) is 2.02. The summed E-state index contributed by atoms with van der Waals surface area (Å²) in [4.78, 5) is 17.9. The molecule has 18 heavy (non-hydrogen) atoms. The highest BCUT2D eigenvalue weighted by Gasteiger charge is 2.14. The number of aromatic amines is 1. The van der Waals surface area contributed by atoms with Gasteiger partial charge in [-0.25, -0.2) is 9.78 Å². The Labute approximate surface area is 109 Å². The van der Waals surface area contributed by atoms with Crippen LogP contribution in [0.3, 0.4) is 0 Å². The number of rotatable bonds is 2. The molecule has 0 saturated heterocycles. The van der Waals surface area contributed by atoms with E-state index in [1.54, 1.807) is 0 Å². The van der Waals surface area contributed by atoms with Crippen LogP contribution in [0.1, 0.15) is 21.5 Å². The van der Waals surface area contributed by atoms with Crippen LogP contribution in [-0.4, -0.2) is 21.0 Å². The van der Waals surface area contributed by atoms with E-state index in [0.717, 1.165) is 16.7 Å². The SMILES string of the molecule is Cc1ccc(-c2[nH]c(=S)ncc2C(=O)O)c(C)c1. The molecule has 4 nitrogen and oxygen atoms in total. The van der Waals surface area contributed by atoms with Crippen molar-refractivity contribution in [3.05, 3.63) is 45.9 Å². The highest BCUT2D eigenvalue weighted by atomic mass is 32.1.